The van der Waals surface area contributed by atoms with Gasteiger partial charge in [0.2, 0.25) is 5.91 Å². The Balaban J connectivity index is 1.27. The van der Waals surface area contributed by atoms with E-state index in [2.05, 4.69) is 20.4 Å². The predicted octanol–water partition coefficient (Wildman–Crippen LogP) is 7.30. The molecule has 2 amide bonds. The molecule has 0 saturated carbocycles. The number of nitrogens with one attached hydrogen (secondary N) is 2. The number of carbonyl (C=O) groups excluding carboxylic acids is 2. The number of alkyl halides is 3. The largest absolute Gasteiger partial charge is 0.573 e. The van der Waals surface area contributed by atoms with E-state index in [0.29, 0.717) is 49.2 Å². The Morgan fingerprint density at radius 2 is 1.78 bits per heavy atom. The van der Waals surface area contributed by atoms with Crippen molar-refractivity contribution in [2.24, 2.45) is 0 Å². The van der Waals surface area contributed by atoms with Crippen LogP contribution in [0.25, 0.3) is 0 Å². The van der Waals surface area contributed by atoms with Crippen LogP contribution in [0.1, 0.15) is 57.8 Å². The van der Waals surface area contributed by atoms with E-state index >= 15 is 4.39 Å². The van der Waals surface area contributed by atoms with Gasteiger partial charge in [-0.25, -0.2) is 13.2 Å². The van der Waals surface area contributed by atoms with Crippen molar-refractivity contribution in [2.75, 3.05) is 25.0 Å². The lowest BCUT2D eigenvalue weighted by molar-refractivity contribution is -0.274. The number of piperazine rings is 1. The Kier molecular flexibility index (Phi) is 11.2. The van der Waals surface area contributed by atoms with Crippen LogP contribution in [-0.2, 0) is 11.2 Å². The molecule has 0 unspecified atom stereocenters. The van der Waals surface area contributed by atoms with Gasteiger partial charge in [-0.3, -0.25) is 14.6 Å². The van der Waals surface area contributed by atoms with Crippen molar-refractivity contribution in [3.63, 3.8) is 0 Å². The number of carbonyl (C=O) groups is 2. The van der Waals surface area contributed by atoms with Gasteiger partial charge in [0.25, 0.3) is 5.91 Å². The average Bonchev–Trinajstić information content (AvgIpc) is 3.04. The molecule has 5 rings (SSSR count). The van der Waals surface area contributed by atoms with Crippen molar-refractivity contribution >= 4 is 17.5 Å². The Hall–Kier alpha value is -4.91. The Morgan fingerprint density at radius 1 is 1.00 bits per heavy atom. The summed E-state index contributed by atoms with van der Waals surface area (Å²) in [5.41, 5.74) is 2.19. The molecule has 13 heteroatoms. The standard InChI is InChI=1S/C36H34F6N4O3/c1-22-14-25(16-27(38)15-22)31(23-8-10-26(37)11-9-23)18-34(47)45-33-21-44-20-32(39)30(33)7-3-5-28-19-43-12-13-46(28)35(48)24-4-2-6-29(17-24)49-36(40,41)42/h2,4,6,8-11,14-17,20-21,28,31,43H,3,5,7,12-13,18-19H2,1H3,(H,45,47)/t28-,31-/m0/s1. The van der Waals surface area contributed by atoms with Crippen LogP contribution >= 0.6 is 0 Å². The quantitative estimate of drug-likeness (QED) is 0.162. The first-order chi connectivity index (χ1) is 23.4. The number of halogens is 6. The molecule has 2 heterocycles. The van der Waals surface area contributed by atoms with Gasteiger partial charge < -0.3 is 20.3 Å². The molecule has 49 heavy (non-hydrogen) atoms. The molecule has 1 aliphatic rings. The van der Waals surface area contributed by atoms with Gasteiger partial charge in [0.1, 0.15) is 23.2 Å². The number of pyridine rings is 1. The van der Waals surface area contributed by atoms with Crippen molar-refractivity contribution in [1.29, 1.82) is 0 Å². The van der Waals surface area contributed by atoms with Gasteiger partial charge in [0, 0.05) is 49.1 Å². The third-order valence-electron chi connectivity index (χ3n) is 8.30. The number of hydrogen-bond donors (Lipinski definition) is 2. The molecule has 1 saturated heterocycles. The van der Waals surface area contributed by atoms with Gasteiger partial charge >= 0.3 is 6.36 Å². The fraction of sp³-hybridized carbons (Fsp3) is 0.306. The second-order valence-electron chi connectivity index (χ2n) is 11.9. The fourth-order valence-corrected chi connectivity index (χ4v) is 6.09. The first-order valence-electron chi connectivity index (χ1n) is 15.7. The summed E-state index contributed by atoms with van der Waals surface area (Å²) in [5, 5.41) is 5.96. The maximum absolute atomic E-state index is 15.1. The molecule has 3 aromatic carbocycles. The van der Waals surface area contributed by atoms with Crippen molar-refractivity contribution in [3.8, 4) is 5.75 Å². The third kappa shape index (κ3) is 9.59. The van der Waals surface area contributed by atoms with E-state index in [-0.39, 0.29) is 35.7 Å². The molecule has 1 fully saturated rings. The second kappa shape index (κ2) is 15.5. The first kappa shape index (κ1) is 35.4. The summed E-state index contributed by atoms with van der Waals surface area (Å²) in [7, 11) is 0. The second-order valence-corrected chi connectivity index (χ2v) is 11.9. The van der Waals surface area contributed by atoms with Gasteiger partial charge in [-0.15, -0.1) is 13.2 Å². The lowest BCUT2D eigenvalue weighted by Gasteiger charge is -2.36. The number of nitrogens with zero attached hydrogens (tertiary/aromatic N) is 2. The number of anilines is 1. The van der Waals surface area contributed by atoms with Crippen LogP contribution in [0.4, 0.5) is 32.0 Å². The molecule has 1 aliphatic heterocycles. The molecule has 2 N–H and O–H groups in total. The highest BCUT2D eigenvalue weighted by molar-refractivity contribution is 5.95. The van der Waals surface area contributed by atoms with Crippen LogP contribution in [0.2, 0.25) is 0 Å². The molecule has 2 atom stereocenters. The zero-order chi connectivity index (χ0) is 35.1. The van der Waals surface area contributed by atoms with Crippen LogP contribution in [0.5, 0.6) is 5.75 Å². The minimum absolute atomic E-state index is 0.0474. The molecule has 0 radical (unpaired) electrons. The zero-order valence-corrected chi connectivity index (χ0v) is 26.5. The van der Waals surface area contributed by atoms with Crippen LogP contribution < -0.4 is 15.4 Å². The van der Waals surface area contributed by atoms with Crippen LogP contribution in [0.3, 0.4) is 0 Å². The van der Waals surface area contributed by atoms with Crippen molar-refractivity contribution in [3.05, 3.63) is 124 Å². The van der Waals surface area contributed by atoms with Crippen LogP contribution in [0.15, 0.2) is 79.1 Å². The van der Waals surface area contributed by atoms with Gasteiger partial charge in [-0.1, -0.05) is 24.3 Å². The summed E-state index contributed by atoms with van der Waals surface area (Å²) < 4.78 is 85.3. The maximum Gasteiger partial charge on any atom is 0.573 e. The smallest absolute Gasteiger partial charge is 0.406 e. The molecule has 0 aliphatic carbocycles. The van der Waals surface area contributed by atoms with E-state index in [0.717, 1.165) is 18.3 Å². The highest BCUT2D eigenvalue weighted by Gasteiger charge is 2.32. The number of amides is 2. The Morgan fingerprint density at radius 3 is 2.51 bits per heavy atom. The van der Waals surface area contributed by atoms with E-state index in [1.165, 1.54) is 54.7 Å². The SMILES string of the molecule is Cc1cc(F)cc([C@@H](CC(=O)Nc2cncc(F)c2CCC[C@H]2CNCCN2C(=O)c2cccc(OC(F)(F)F)c2)c2ccc(F)cc2)c1. The highest BCUT2D eigenvalue weighted by atomic mass is 19.4. The topological polar surface area (TPSA) is 83.6 Å². The molecule has 0 spiro atoms. The minimum Gasteiger partial charge on any atom is -0.406 e. The first-order valence-corrected chi connectivity index (χ1v) is 15.7. The summed E-state index contributed by atoms with van der Waals surface area (Å²) in [4.78, 5) is 32.2. The summed E-state index contributed by atoms with van der Waals surface area (Å²) >= 11 is 0. The highest BCUT2D eigenvalue weighted by Crippen LogP contribution is 2.31. The minimum atomic E-state index is -4.90. The molecule has 0 bridgehead atoms. The van der Waals surface area contributed by atoms with Crippen molar-refractivity contribution in [2.45, 2.75) is 50.9 Å². The normalized spacial score (nSPS) is 15.5. The summed E-state index contributed by atoms with van der Waals surface area (Å²) in [6.45, 7) is 2.96. The van der Waals surface area contributed by atoms with Crippen molar-refractivity contribution in [1.82, 2.24) is 15.2 Å². The zero-order valence-electron chi connectivity index (χ0n) is 26.5. The monoisotopic (exact) mass is 684 g/mol. The number of rotatable bonds is 11. The third-order valence-corrected chi connectivity index (χ3v) is 8.30. The Bertz CT molecular complexity index is 1760. The van der Waals surface area contributed by atoms with Crippen LogP contribution in [0, 0.1) is 24.4 Å². The molecule has 1 aromatic heterocycles. The van der Waals surface area contributed by atoms with E-state index < -0.39 is 47.3 Å². The summed E-state index contributed by atoms with van der Waals surface area (Å²) in [6.07, 6.45) is -1.66. The lowest BCUT2D eigenvalue weighted by atomic mass is 9.87. The molecule has 4 aromatic rings. The molecule has 258 valence electrons. The lowest BCUT2D eigenvalue weighted by Crippen LogP contribution is -2.53. The summed E-state index contributed by atoms with van der Waals surface area (Å²) in [5.74, 6) is -3.63. The maximum atomic E-state index is 15.1. The van der Waals surface area contributed by atoms with E-state index in [9.17, 15) is 31.5 Å². The fourth-order valence-electron chi connectivity index (χ4n) is 6.09. The summed E-state index contributed by atoms with van der Waals surface area (Å²) in [6, 6.07) is 14.6. The van der Waals surface area contributed by atoms with Gasteiger partial charge in [0.05, 0.1) is 18.1 Å². The van der Waals surface area contributed by atoms with Crippen molar-refractivity contribution < 1.29 is 40.7 Å². The molecule has 7 nitrogen and oxygen atoms in total. The molecular weight excluding hydrogens is 650 g/mol. The Labute approximate surface area is 279 Å². The number of aryl methyl sites for hydroxylation is 1. The molecular formula is C36H34F6N4O3. The van der Waals surface area contributed by atoms with E-state index in [1.807, 2.05) is 0 Å². The van der Waals surface area contributed by atoms with Gasteiger partial charge in [0.15, 0.2) is 0 Å². The number of hydrogen-bond acceptors (Lipinski definition) is 5. The van der Waals surface area contributed by atoms with E-state index in [4.69, 9.17) is 0 Å². The predicted molar refractivity (Wildman–Crippen MR) is 171 cm³/mol. The number of aromatic nitrogens is 1. The van der Waals surface area contributed by atoms with Crippen LogP contribution in [-0.4, -0.2) is 53.7 Å². The van der Waals surface area contributed by atoms with Gasteiger partial charge in [-0.2, -0.15) is 0 Å². The number of ether oxygens (including phenoxy) is 1. The van der Waals surface area contributed by atoms with Gasteiger partial charge in [-0.05, 0) is 85.3 Å². The average molecular weight is 685 g/mol. The van der Waals surface area contributed by atoms with E-state index in [1.54, 1.807) is 17.9 Å². The number of benzene rings is 3.